The Kier molecular flexibility index (Phi) is 4.81. The topological polar surface area (TPSA) is 61.5 Å². The quantitative estimate of drug-likeness (QED) is 0.910. The molecule has 25 heavy (non-hydrogen) atoms. The molecule has 2 aromatic rings. The molecule has 0 unspecified atom stereocenters. The van der Waals surface area contributed by atoms with E-state index in [9.17, 15) is 4.79 Å². The smallest absolute Gasteiger partial charge is 0.255 e. The molecule has 4 rings (SSSR count). The highest BCUT2D eigenvalue weighted by Gasteiger charge is 2.21. The summed E-state index contributed by atoms with van der Waals surface area (Å²) in [5.41, 5.74) is 3.14. The zero-order valence-electron chi connectivity index (χ0n) is 14.4. The van der Waals surface area contributed by atoms with Gasteiger partial charge in [0.15, 0.2) is 0 Å². The van der Waals surface area contributed by atoms with E-state index in [2.05, 4.69) is 39.0 Å². The summed E-state index contributed by atoms with van der Waals surface area (Å²) in [6.07, 6.45) is 1.58. The Morgan fingerprint density at radius 1 is 1.04 bits per heavy atom. The van der Waals surface area contributed by atoms with E-state index in [0.29, 0.717) is 19.2 Å². The average molecular weight is 340 g/mol. The van der Waals surface area contributed by atoms with Gasteiger partial charge in [0.1, 0.15) is 0 Å². The van der Waals surface area contributed by atoms with Gasteiger partial charge in [0, 0.05) is 44.7 Å². The number of anilines is 1. The molecule has 0 spiro atoms. The molecule has 0 amide bonds. The van der Waals surface area contributed by atoms with Gasteiger partial charge in [-0.25, -0.2) is 4.98 Å². The first-order chi connectivity index (χ1) is 12.3. The number of nitrogens with one attached hydrogen (secondary N) is 1. The largest absolute Gasteiger partial charge is 0.378 e. The fraction of sp³-hybridized carbons (Fsp3) is 0.474. The molecular weight excluding hydrogens is 316 g/mol. The Labute approximate surface area is 147 Å². The zero-order chi connectivity index (χ0) is 17.1. The van der Waals surface area contributed by atoms with E-state index in [4.69, 9.17) is 9.72 Å². The number of hydrogen-bond acceptors (Lipinski definition) is 5. The summed E-state index contributed by atoms with van der Waals surface area (Å²) in [6, 6.07) is 10.5. The molecule has 1 fully saturated rings. The highest BCUT2D eigenvalue weighted by Crippen LogP contribution is 2.16. The molecule has 1 N–H and O–H groups in total. The molecule has 6 heteroatoms. The van der Waals surface area contributed by atoms with Crippen molar-refractivity contribution < 1.29 is 4.74 Å². The first-order valence-electron chi connectivity index (χ1n) is 9.00. The van der Waals surface area contributed by atoms with Crippen molar-refractivity contribution >= 4 is 5.95 Å². The predicted molar refractivity (Wildman–Crippen MR) is 97.0 cm³/mol. The second kappa shape index (κ2) is 7.37. The van der Waals surface area contributed by atoms with Gasteiger partial charge in [-0.1, -0.05) is 30.3 Å². The molecule has 0 saturated carbocycles. The summed E-state index contributed by atoms with van der Waals surface area (Å²) in [6.45, 7) is 5.68. The molecule has 3 heterocycles. The molecule has 0 aliphatic carbocycles. The maximum Gasteiger partial charge on any atom is 0.255 e. The van der Waals surface area contributed by atoms with Crippen LogP contribution in [0.4, 0.5) is 5.95 Å². The predicted octanol–water partition coefficient (Wildman–Crippen LogP) is 1.21. The summed E-state index contributed by atoms with van der Waals surface area (Å²) < 4.78 is 5.39. The van der Waals surface area contributed by atoms with Crippen LogP contribution in [0.1, 0.15) is 16.8 Å². The minimum Gasteiger partial charge on any atom is -0.378 e. The van der Waals surface area contributed by atoms with Crippen LogP contribution in [0.2, 0.25) is 0 Å². The molecule has 0 atom stereocenters. The molecule has 1 saturated heterocycles. The van der Waals surface area contributed by atoms with E-state index in [1.54, 1.807) is 0 Å². The summed E-state index contributed by atoms with van der Waals surface area (Å²) in [5.74, 6) is 0.698. The number of rotatable bonds is 3. The van der Waals surface area contributed by atoms with Gasteiger partial charge in [0.25, 0.3) is 5.56 Å². The van der Waals surface area contributed by atoms with Crippen LogP contribution < -0.4 is 10.5 Å². The van der Waals surface area contributed by atoms with Gasteiger partial charge < -0.3 is 9.64 Å². The van der Waals surface area contributed by atoms with Crippen LogP contribution in [0.25, 0.3) is 0 Å². The van der Waals surface area contributed by atoms with Crippen molar-refractivity contribution in [2.24, 2.45) is 0 Å². The average Bonchev–Trinajstić information content (AvgIpc) is 2.86. The molecule has 2 aliphatic heterocycles. The second-order valence-electron chi connectivity index (χ2n) is 6.68. The number of fused-ring (bicyclic) bond motifs is 1. The van der Waals surface area contributed by atoms with Gasteiger partial charge in [-0.15, -0.1) is 0 Å². The Hall–Kier alpha value is -2.18. The van der Waals surface area contributed by atoms with Crippen molar-refractivity contribution in [1.82, 2.24) is 14.9 Å². The van der Waals surface area contributed by atoms with Crippen LogP contribution in [-0.4, -0.2) is 54.3 Å². The summed E-state index contributed by atoms with van der Waals surface area (Å²) in [5, 5.41) is 0. The molecule has 0 bridgehead atoms. The molecule has 6 nitrogen and oxygen atoms in total. The van der Waals surface area contributed by atoms with Crippen LogP contribution in [0.5, 0.6) is 0 Å². The van der Waals surface area contributed by atoms with E-state index < -0.39 is 0 Å². The number of nitrogens with zero attached hydrogens (tertiary/aromatic N) is 3. The van der Waals surface area contributed by atoms with Gasteiger partial charge >= 0.3 is 0 Å². The summed E-state index contributed by atoms with van der Waals surface area (Å²) in [4.78, 5) is 24.9. The highest BCUT2D eigenvalue weighted by atomic mass is 16.5. The van der Waals surface area contributed by atoms with E-state index >= 15 is 0 Å². The van der Waals surface area contributed by atoms with E-state index in [1.165, 1.54) is 5.56 Å². The fourth-order valence-corrected chi connectivity index (χ4v) is 3.57. The Morgan fingerprint density at radius 3 is 2.60 bits per heavy atom. The van der Waals surface area contributed by atoms with Gasteiger partial charge in [-0.3, -0.25) is 14.7 Å². The number of aromatic nitrogens is 2. The fourth-order valence-electron chi connectivity index (χ4n) is 3.57. The van der Waals surface area contributed by atoms with Crippen LogP contribution in [0, 0.1) is 0 Å². The minimum absolute atomic E-state index is 0.0213. The van der Waals surface area contributed by atoms with Gasteiger partial charge in [0.05, 0.1) is 18.9 Å². The van der Waals surface area contributed by atoms with E-state index in [1.807, 2.05) is 6.07 Å². The van der Waals surface area contributed by atoms with Crippen LogP contribution in [0.15, 0.2) is 35.1 Å². The number of aromatic amines is 1. The number of benzene rings is 1. The Morgan fingerprint density at radius 2 is 1.80 bits per heavy atom. The number of hydrogen-bond donors (Lipinski definition) is 1. The molecule has 1 aromatic heterocycles. The molecule has 1 aromatic carbocycles. The first kappa shape index (κ1) is 16.3. The Bertz CT molecular complexity index is 769. The lowest BCUT2D eigenvalue weighted by Gasteiger charge is -2.27. The third kappa shape index (κ3) is 3.75. The molecule has 0 radical (unpaired) electrons. The second-order valence-corrected chi connectivity index (χ2v) is 6.68. The van der Waals surface area contributed by atoms with Crippen molar-refractivity contribution in [3.8, 4) is 0 Å². The van der Waals surface area contributed by atoms with Crippen LogP contribution in [0.3, 0.4) is 0 Å². The van der Waals surface area contributed by atoms with Crippen molar-refractivity contribution in [3.63, 3.8) is 0 Å². The monoisotopic (exact) mass is 340 g/mol. The third-order valence-electron chi connectivity index (χ3n) is 4.99. The SMILES string of the molecule is O=c1[nH]c(N2CCOCC2)nc2c1CCN(Cc1ccccc1)CC2. The number of morpholine rings is 1. The molecular formula is C19H24N4O2. The lowest BCUT2D eigenvalue weighted by molar-refractivity contribution is 0.122. The van der Waals surface area contributed by atoms with Crippen molar-refractivity contribution in [2.75, 3.05) is 44.3 Å². The summed E-state index contributed by atoms with van der Waals surface area (Å²) in [7, 11) is 0. The Balaban J connectivity index is 1.51. The number of ether oxygens (including phenoxy) is 1. The van der Waals surface area contributed by atoms with Crippen molar-refractivity contribution in [2.45, 2.75) is 19.4 Å². The van der Waals surface area contributed by atoms with E-state index in [-0.39, 0.29) is 5.56 Å². The molecule has 2 aliphatic rings. The first-order valence-corrected chi connectivity index (χ1v) is 9.00. The van der Waals surface area contributed by atoms with Gasteiger partial charge in [-0.05, 0) is 12.0 Å². The number of H-pyrrole nitrogens is 1. The standard InChI is InChI=1S/C19H24N4O2/c24-18-16-6-8-22(14-15-4-2-1-3-5-15)9-7-17(16)20-19(21-18)23-10-12-25-13-11-23/h1-5H,6-14H2,(H,20,21,24). The lowest BCUT2D eigenvalue weighted by atomic mass is 10.1. The maximum absolute atomic E-state index is 12.6. The minimum atomic E-state index is 0.0213. The van der Waals surface area contributed by atoms with E-state index in [0.717, 1.165) is 56.8 Å². The zero-order valence-corrected chi connectivity index (χ0v) is 14.4. The van der Waals surface area contributed by atoms with Crippen LogP contribution >= 0.6 is 0 Å². The van der Waals surface area contributed by atoms with Gasteiger partial charge in [-0.2, -0.15) is 0 Å². The maximum atomic E-state index is 12.6. The van der Waals surface area contributed by atoms with Gasteiger partial charge in [0.2, 0.25) is 5.95 Å². The summed E-state index contributed by atoms with van der Waals surface area (Å²) >= 11 is 0. The van der Waals surface area contributed by atoms with Crippen molar-refractivity contribution in [1.29, 1.82) is 0 Å². The lowest BCUT2D eigenvalue weighted by Crippen LogP contribution is -2.38. The molecule has 132 valence electrons. The normalized spacial score (nSPS) is 18.6. The third-order valence-corrected chi connectivity index (χ3v) is 4.99. The van der Waals surface area contributed by atoms with Crippen LogP contribution in [-0.2, 0) is 24.1 Å². The highest BCUT2D eigenvalue weighted by molar-refractivity contribution is 5.34. The van der Waals surface area contributed by atoms with Crippen molar-refractivity contribution in [3.05, 3.63) is 57.5 Å².